The van der Waals surface area contributed by atoms with Gasteiger partial charge in [0.2, 0.25) is 0 Å². The van der Waals surface area contributed by atoms with Crippen molar-refractivity contribution in [3.05, 3.63) is 60.0 Å². The van der Waals surface area contributed by atoms with E-state index in [2.05, 4.69) is 47.6 Å². The molecule has 9 heteroatoms. The number of allylic oxidation sites excluding steroid dienone is 6. The topological polar surface area (TPSA) is 99.4 Å². The van der Waals surface area contributed by atoms with E-state index in [0.29, 0.717) is 18.8 Å². The second-order valence-electron chi connectivity index (χ2n) is 9.71. The maximum Gasteiger partial charge on any atom is 0.415 e. The van der Waals surface area contributed by atoms with Crippen molar-refractivity contribution in [1.82, 2.24) is 20.2 Å². The average molecular weight is 476 g/mol. The summed E-state index contributed by atoms with van der Waals surface area (Å²) in [6.07, 6.45) is 11.1. The lowest BCUT2D eigenvalue weighted by Crippen LogP contribution is -2.36. The van der Waals surface area contributed by atoms with Crippen LogP contribution in [0.3, 0.4) is 0 Å². The van der Waals surface area contributed by atoms with Gasteiger partial charge >= 0.3 is 12.1 Å². The Hall–Kier alpha value is -3.75. The zero-order chi connectivity index (χ0) is 24.5. The van der Waals surface area contributed by atoms with Gasteiger partial charge in [-0.1, -0.05) is 45.1 Å². The minimum absolute atomic E-state index is 0.0770. The number of carbonyl (C=O) groups is 2. The molecule has 2 aliphatic heterocycles. The van der Waals surface area contributed by atoms with Gasteiger partial charge in [0.1, 0.15) is 12.9 Å². The fraction of sp³-hybridized carbons (Fsp3) is 0.423. The van der Waals surface area contributed by atoms with Gasteiger partial charge in [-0.3, -0.25) is 9.69 Å². The lowest BCUT2D eigenvalue weighted by Gasteiger charge is -2.18. The molecule has 5 rings (SSSR count). The Kier molecular flexibility index (Phi) is 6.23. The minimum Gasteiger partial charge on any atom is -0.461 e. The third kappa shape index (κ3) is 4.62. The van der Waals surface area contributed by atoms with Crippen molar-refractivity contribution in [2.45, 2.75) is 52.2 Å². The van der Waals surface area contributed by atoms with E-state index in [1.165, 1.54) is 0 Å². The van der Waals surface area contributed by atoms with Crippen molar-refractivity contribution in [3.8, 4) is 0 Å². The third-order valence-electron chi connectivity index (χ3n) is 6.65. The van der Waals surface area contributed by atoms with E-state index in [-0.39, 0.29) is 30.6 Å². The van der Waals surface area contributed by atoms with Crippen molar-refractivity contribution < 1.29 is 19.1 Å². The molecule has 3 unspecified atom stereocenters. The van der Waals surface area contributed by atoms with Crippen LogP contribution in [0.4, 0.5) is 10.5 Å². The molecule has 3 aliphatic rings. The highest BCUT2D eigenvalue weighted by atomic mass is 16.6. The highest BCUT2D eigenvalue weighted by Gasteiger charge is 2.48. The zero-order valence-corrected chi connectivity index (χ0v) is 20.1. The lowest BCUT2D eigenvalue weighted by atomic mass is 9.99. The maximum atomic E-state index is 12.6. The van der Waals surface area contributed by atoms with Gasteiger partial charge in [-0.05, 0) is 64.1 Å². The predicted octanol–water partition coefficient (Wildman–Crippen LogP) is 4.03. The summed E-state index contributed by atoms with van der Waals surface area (Å²) in [5.41, 5.74) is 5.04. The third-order valence-corrected chi connectivity index (χ3v) is 6.65. The summed E-state index contributed by atoms with van der Waals surface area (Å²) in [5.74, 6) is -0.00836. The van der Waals surface area contributed by atoms with Crippen molar-refractivity contribution in [2.75, 3.05) is 11.5 Å². The first-order valence-corrected chi connectivity index (χ1v) is 12.0. The number of nitrogens with zero attached hydrogens (tertiary/aromatic N) is 5. The first-order valence-electron chi connectivity index (χ1n) is 12.0. The second-order valence-corrected chi connectivity index (χ2v) is 9.71. The van der Waals surface area contributed by atoms with Crippen molar-refractivity contribution in [1.29, 1.82) is 0 Å². The van der Waals surface area contributed by atoms with E-state index < -0.39 is 6.10 Å². The van der Waals surface area contributed by atoms with Gasteiger partial charge in [0, 0.05) is 12.1 Å². The summed E-state index contributed by atoms with van der Waals surface area (Å²) in [6.45, 7) is 6.11. The van der Waals surface area contributed by atoms with Gasteiger partial charge < -0.3 is 9.47 Å². The normalized spacial score (nSPS) is 21.7. The Bertz CT molecular complexity index is 1210. The van der Waals surface area contributed by atoms with Gasteiger partial charge in [-0.15, -0.1) is 5.10 Å². The summed E-state index contributed by atoms with van der Waals surface area (Å²) < 4.78 is 12.8. The maximum absolute atomic E-state index is 12.6. The van der Waals surface area contributed by atoms with Crippen LogP contribution in [0, 0.1) is 11.8 Å². The highest BCUT2D eigenvalue weighted by Crippen LogP contribution is 2.40. The second kappa shape index (κ2) is 9.48. The molecule has 0 radical (unpaired) electrons. The van der Waals surface area contributed by atoms with Crippen LogP contribution in [0.15, 0.2) is 48.8 Å². The first kappa shape index (κ1) is 23.0. The number of anilines is 1. The van der Waals surface area contributed by atoms with Crippen LogP contribution in [0.5, 0.6) is 0 Å². The summed E-state index contributed by atoms with van der Waals surface area (Å²) in [6, 6.07) is 5.93. The number of carbonyl (C=O) groups excluding carboxylic acids is 2. The quantitative estimate of drug-likeness (QED) is 0.558. The largest absolute Gasteiger partial charge is 0.461 e. The van der Waals surface area contributed by atoms with E-state index in [9.17, 15) is 9.59 Å². The Morgan fingerprint density at radius 3 is 2.89 bits per heavy atom. The van der Waals surface area contributed by atoms with Crippen molar-refractivity contribution >= 4 is 29.0 Å². The van der Waals surface area contributed by atoms with Crippen LogP contribution in [0.25, 0.3) is 11.3 Å². The number of hydrogen-bond donors (Lipinski definition) is 0. The van der Waals surface area contributed by atoms with Crippen molar-refractivity contribution in [2.24, 2.45) is 11.8 Å². The Labute approximate surface area is 204 Å². The number of amides is 1. The molecule has 1 aromatic carbocycles. The number of ether oxygens (including phenoxy) is 2. The molecule has 0 bridgehead atoms. The molecular formula is C26H29N5O4. The van der Waals surface area contributed by atoms with Crippen LogP contribution in [-0.4, -0.2) is 51.0 Å². The Balaban J connectivity index is 1.30. The summed E-state index contributed by atoms with van der Waals surface area (Å²) >= 11 is 0. The van der Waals surface area contributed by atoms with Gasteiger partial charge in [0.25, 0.3) is 0 Å². The summed E-state index contributed by atoms with van der Waals surface area (Å²) in [7, 11) is 0. The standard InChI is InChI=1S/C26H29N5O4/c1-16(2)11-17(3)25(32)34-14-24-23-13-20-12-19(8-10-22(20)31(23)26(33)35-24)18-5-4-6-21(9-7-18)30-15-27-28-29-30/h4-5,7-10,12,15-17,23-24H,6,11,13-14H2,1-3H3. The average Bonchev–Trinajstić information content (AvgIpc) is 3.50. The molecule has 182 valence electrons. The fourth-order valence-electron chi connectivity index (χ4n) is 4.98. The molecule has 1 amide bonds. The lowest BCUT2D eigenvalue weighted by molar-refractivity contribution is -0.151. The molecule has 3 atom stereocenters. The van der Waals surface area contributed by atoms with Gasteiger partial charge in [-0.25, -0.2) is 9.48 Å². The molecule has 0 spiro atoms. The number of fused-ring (bicyclic) bond motifs is 3. The molecule has 1 saturated heterocycles. The molecule has 1 fully saturated rings. The van der Waals surface area contributed by atoms with E-state index in [1.807, 2.05) is 31.2 Å². The molecular weight excluding hydrogens is 446 g/mol. The SMILES string of the molecule is CC(C)CC(C)C(=O)OCC1OC(=O)N2c3ccc(C4=CC=C(n5cnnn5)CC=C4)cc3CC12. The van der Waals surface area contributed by atoms with Crippen LogP contribution in [0.2, 0.25) is 0 Å². The summed E-state index contributed by atoms with van der Waals surface area (Å²) in [5, 5.41) is 11.4. The molecule has 2 aromatic rings. The number of aromatic nitrogens is 4. The Morgan fingerprint density at radius 2 is 2.11 bits per heavy atom. The number of rotatable bonds is 7. The molecule has 0 N–H and O–H groups in total. The van der Waals surface area contributed by atoms with Crippen LogP contribution >= 0.6 is 0 Å². The molecule has 1 aromatic heterocycles. The van der Waals surface area contributed by atoms with Crippen LogP contribution < -0.4 is 4.90 Å². The van der Waals surface area contributed by atoms with Gasteiger partial charge in [0.05, 0.1) is 17.6 Å². The van der Waals surface area contributed by atoms with E-state index in [0.717, 1.165) is 34.5 Å². The van der Waals surface area contributed by atoms with E-state index in [1.54, 1.807) is 15.9 Å². The first-order chi connectivity index (χ1) is 16.9. The van der Waals surface area contributed by atoms with E-state index in [4.69, 9.17) is 9.47 Å². The molecule has 0 saturated carbocycles. The number of tetrazole rings is 1. The number of cyclic esters (lactones) is 1. The van der Waals surface area contributed by atoms with Gasteiger partial charge in [-0.2, -0.15) is 0 Å². The number of hydrogen-bond acceptors (Lipinski definition) is 7. The highest BCUT2D eigenvalue weighted by molar-refractivity contribution is 5.94. The number of benzene rings is 1. The summed E-state index contributed by atoms with van der Waals surface area (Å²) in [4.78, 5) is 26.7. The Morgan fingerprint density at radius 1 is 1.26 bits per heavy atom. The van der Waals surface area contributed by atoms with Crippen molar-refractivity contribution in [3.63, 3.8) is 0 Å². The molecule has 9 nitrogen and oxygen atoms in total. The van der Waals surface area contributed by atoms with Crippen LogP contribution in [-0.2, 0) is 20.7 Å². The van der Waals surface area contributed by atoms with Crippen LogP contribution in [0.1, 0.15) is 44.7 Å². The molecule has 3 heterocycles. The monoisotopic (exact) mass is 475 g/mol. The van der Waals surface area contributed by atoms with Gasteiger partial charge in [0.15, 0.2) is 6.10 Å². The predicted molar refractivity (Wildman–Crippen MR) is 130 cm³/mol. The smallest absolute Gasteiger partial charge is 0.415 e. The fourth-order valence-corrected chi connectivity index (χ4v) is 4.98. The zero-order valence-electron chi connectivity index (χ0n) is 20.1. The van der Waals surface area contributed by atoms with E-state index >= 15 is 0 Å². The number of esters is 1. The molecule has 35 heavy (non-hydrogen) atoms. The minimum atomic E-state index is -0.479. The molecule has 1 aliphatic carbocycles.